The average Bonchev–Trinajstić information content (AvgIpc) is 2.81. The molecule has 0 aliphatic carbocycles. The first kappa shape index (κ1) is 12.9. The Morgan fingerprint density at radius 1 is 1.32 bits per heavy atom. The molecule has 0 radical (unpaired) electrons. The van der Waals surface area contributed by atoms with E-state index in [0.29, 0.717) is 12.0 Å². The molecule has 19 heavy (non-hydrogen) atoms. The third-order valence-electron chi connectivity index (χ3n) is 4.49. The van der Waals surface area contributed by atoms with Gasteiger partial charge >= 0.3 is 0 Å². The predicted octanol–water partition coefficient (Wildman–Crippen LogP) is 2.08. The van der Waals surface area contributed by atoms with Crippen LogP contribution in [0.25, 0.3) is 0 Å². The molecule has 3 rings (SSSR count). The summed E-state index contributed by atoms with van der Waals surface area (Å²) in [6, 6.07) is 8.35. The van der Waals surface area contributed by atoms with Crippen molar-refractivity contribution in [3.63, 3.8) is 0 Å². The molecule has 2 atom stereocenters. The highest BCUT2D eigenvalue weighted by atomic mass is 16.5. The molecule has 2 heterocycles. The minimum atomic E-state index is -0.158. The van der Waals surface area contributed by atoms with Crippen molar-refractivity contribution in [1.29, 1.82) is 0 Å². The Hall–Kier alpha value is -1.06. The van der Waals surface area contributed by atoms with E-state index in [-0.39, 0.29) is 6.10 Å². The fourth-order valence-corrected chi connectivity index (χ4v) is 3.26. The van der Waals surface area contributed by atoms with E-state index in [4.69, 9.17) is 4.74 Å². The monoisotopic (exact) mass is 261 g/mol. The molecular formula is C16H23NO2. The van der Waals surface area contributed by atoms with Crippen molar-refractivity contribution in [1.82, 2.24) is 4.90 Å². The minimum Gasteiger partial charge on any atom is -0.488 e. The van der Waals surface area contributed by atoms with Crippen LogP contribution in [0.5, 0.6) is 5.75 Å². The zero-order valence-electron chi connectivity index (χ0n) is 11.6. The van der Waals surface area contributed by atoms with Gasteiger partial charge in [-0.3, -0.25) is 4.90 Å². The van der Waals surface area contributed by atoms with Gasteiger partial charge in [0.1, 0.15) is 11.9 Å². The van der Waals surface area contributed by atoms with E-state index in [2.05, 4.69) is 23.1 Å². The van der Waals surface area contributed by atoms with Crippen molar-refractivity contribution in [3.8, 4) is 5.75 Å². The number of aliphatic hydroxyl groups is 1. The lowest BCUT2D eigenvalue weighted by Gasteiger charge is -2.34. The van der Waals surface area contributed by atoms with Crippen LogP contribution in [0, 0.1) is 5.92 Å². The van der Waals surface area contributed by atoms with Gasteiger partial charge in [-0.1, -0.05) is 18.2 Å². The SMILES string of the molecule is CC(O)C1CCN(CC2Cc3ccccc3O2)CC1. The number of hydrogen-bond donors (Lipinski definition) is 1. The Morgan fingerprint density at radius 3 is 2.74 bits per heavy atom. The zero-order chi connectivity index (χ0) is 13.2. The molecule has 0 amide bonds. The smallest absolute Gasteiger partial charge is 0.123 e. The van der Waals surface area contributed by atoms with Crippen molar-refractivity contribution in [3.05, 3.63) is 29.8 Å². The van der Waals surface area contributed by atoms with E-state index in [1.54, 1.807) is 0 Å². The number of benzene rings is 1. The number of hydrogen-bond acceptors (Lipinski definition) is 3. The lowest BCUT2D eigenvalue weighted by Crippen LogP contribution is -2.42. The number of ether oxygens (including phenoxy) is 1. The molecule has 0 bridgehead atoms. The molecule has 2 aliphatic heterocycles. The van der Waals surface area contributed by atoms with Crippen molar-refractivity contribution < 1.29 is 9.84 Å². The van der Waals surface area contributed by atoms with E-state index >= 15 is 0 Å². The van der Waals surface area contributed by atoms with Crippen LogP contribution in [0.3, 0.4) is 0 Å². The Labute approximate surface area is 115 Å². The number of rotatable bonds is 3. The van der Waals surface area contributed by atoms with Crippen molar-refractivity contribution in [2.24, 2.45) is 5.92 Å². The molecule has 1 saturated heterocycles. The van der Waals surface area contributed by atoms with Crippen LogP contribution < -0.4 is 4.74 Å². The van der Waals surface area contributed by atoms with Gasteiger partial charge < -0.3 is 9.84 Å². The molecule has 2 unspecified atom stereocenters. The summed E-state index contributed by atoms with van der Waals surface area (Å²) < 4.78 is 5.99. The van der Waals surface area contributed by atoms with Gasteiger partial charge in [0.25, 0.3) is 0 Å². The molecule has 3 heteroatoms. The molecule has 1 fully saturated rings. The predicted molar refractivity (Wildman–Crippen MR) is 75.4 cm³/mol. The van der Waals surface area contributed by atoms with E-state index in [0.717, 1.165) is 44.6 Å². The van der Waals surface area contributed by atoms with Gasteiger partial charge in [-0.25, -0.2) is 0 Å². The summed E-state index contributed by atoms with van der Waals surface area (Å²) in [7, 11) is 0. The first-order valence-electron chi connectivity index (χ1n) is 7.37. The van der Waals surface area contributed by atoms with Gasteiger partial charge in [0.2, 0.25) is 0 Å². The molecule has 0 spiro atoms. The lowest BCUT2D eigenvalue weighted by atomic mass is 9.92. The molecule has 3 nitrogen and oxygen atoms in total. The molecule has 2 aliphatic rings. The Bertz CT molecular complexity index is 400. The third-order valence-corrected chi connectivity index (χ3v) is 4.49. The fraction of sp³-hybridized carbons (Fsp3) is 0.625. The molecule has 0 aromatic heterocycles. The van der Waals surface area contributed by atoms with Crippen LogP contribution in [0.1, 0.15) is 25.3 Å². The van der Waals surface area contributed by atoms with E-state index in [9.17, 15) is 5.11 Å². The summed E-state index contributed by atoms with van der Waals surface area (Å²) >= 11 is 0. The van der Waals surface area contributed by atoms with Gasteiger partial charge in [0.15, 0.2) is 0 Å². The largest absolute Gasteiger partial charge is 0.488 e. The summed E-state index contributed by atoms with van der Waals surface area (Å²) in [6.07, 6.45) is 3.40. The second-order valence-electron chi connectivity index (χ2n) is 5.93. The molecular weight excluding hydrogens is 238 g/mol. The zero-order valence-corrected chi connectivity index (χ0v) is 11.6. The Morgan fingerprint density at radius 2 is 2.05 bits per heavy atom. The normalized spacial score (nSPS) is 25.9. The summed E-state index contributed by atoms with van der Waals surface area (Å²) in [5, 5.41) is 9.62. The highest BCUT2D eigenvalue weighted by Gasteiger charge is 2.28. The standard InChI is InChI=1S/C16H23NO2/c1-12(18)13-6-8-17(9-7-13)11-15-10-14-4-2-3-5-16(14)19-15/h2-5,12-13,15,18H,6-11H2,1H3. The van der Waals surface area contributed by atoms with Crippen LogP contribution in [0.15, 0.2) is 24.3 Å². The van der Waals surface area contributed by atoms with Gasteiger partial charge in [0, 0.05) is 13.0 Å². The van der Waals surface area contributed by atoms with Crippen LogP contribution >= 0.6 is 0 Å². The molecule has 1 aromatic rings. The second kappa shape index (κ2) is 5.51. The quantitative estimate of drug-likeness (QED) is 0.904. The molecule has 0 saturated carbocycles. The van der Waals surface area contributed by atoms with Crippen molar-refractivity contribution >= 4 is 0 Å². The topological polar surface area (TPSA) is 32.7 Å². The number of nitrogens with zero attached hydrogens (tertiary/aromatic N) is 1. The maximum absolute atomic E-state index is 9.62. The van der Waals surface area contributed by atoms with Crippen LogP contribution in [-0.4, -0.2) is 41.8 Å². The van der Waals surface area contributed by atoms with Crippen LogP contribution in [0.2, 0.25) is 0 Å². The van der Waals surface area contributed by atoms with Crippen LogP contribution in [-0.2, 0) is 6.42 Å². The maximum Gasteiger partial charge on any atom is 0.123 e. The summed E-state index contributed by atoms with van der Waals surface area (Å²) in [6.45, 7) is 5.11. The number of aliphatic hydroxyl groups excluding tert-OH is 1. The first-order valence-corrected chi connectivity index (χ1v) is 7.37. The van der Waals surface area contributed by atoms with Crippen LogP contribution in [0.4, 0.5) is 0 Å². The molecule has 104 valence electrons. The van der Waals surface area contributed by atoms with Gasteiger partial charge in [-0.2, -0.15) is 0 Å². The Balaban J connectivity index is 1.50. The average molecular weight is 261 g/mol. The van der Waals surface area contributed by atoms with E-state index in [1.165, 1.54) is 5.56 Å². The summed E-state index contributed by atoms with van der Waals surface area (Å²) in [4.78, 5) is 2.48. The van der Waals surface area contributed by atoms with E-state index < -0.39 is 0 Å². The lowest BCUT2D eigenvalue weighted by molar-refractivity contribution is 0.0578. The van der Waals surface area contributed by atoms with Gasteiger partial charge in [-0.05, 0) is 50.4 Å². The number of piperidine rings is 1. The van der Waals surface area contributed by atoms with Gasteiger partial charge in [0.05, 0.1) is 6.10 Å². The highest BCUT2D eigenvalue weighted by Crippen LogP contribution is 2.29. The Kier molecular flexibility index (Phi) is 3.76. The third kappa shape index (κ3) is 2.93. The minimum absolute atomic E-state index is 0.158. The molecule has 1 aromatic carbocycles. The summed E-state index contributed by atoms with van der Waals surface area (Å²) in [5.74, 6) is 1.55. The van der Waals surface area contributed by atoms with Crippen molar-refractivity contribution in [2.45, 2.75) is 38.4 Å². The number of fused-ring (bicyclic) bond motifs is 1. The van der Waals surface area contributed by atoms with E-state index in [1.807, 2.05) is 13.0 Å². The number of para-hydroxylation sites is 1. The summed E-state index contributed by atoms with van der Waals surface area (Å²) in [5.41, 5.74) is 1.34. The van der Waals surface area contributed by atoms with Gasteiger partial charge in [-0.15, -0.1) is 0 Å². The molecule has 1 N–H and O–H groups in total. The fourth-order valence-electron chi connectivity index (χ4n) is 3.26. The van der Waals surface area contributed by atoms with Crippen molar-refractivity contribution in [2.75, 3.05) is 19.6 Å². The highest BCUT2D eigenvalue weighted by molar-refractivity contribution is 5.37. The first-order chi connectivity index (χ1) is 9.22. The second-order valence-corrected chi connectivity index (χ2v) is 5.93. The number of likely N-dealkylation sites (tertiary alicyclic amines) is 1. The maximum atomic E-state index is 9.62.